The molecule has 5 rings (SSSR count). The highest BCUT2D eigenvalue weighted by atomic mass is 35.5. The number of Topliss-reactive ketones (excluding diaryl/α,β-unsaturated/α-hetero) is 1. The van der Waals surface area contributed by atoms with Crippen LogP contribution in [0.1, 0.15) is 66.8 Å². The maximum Gasteiger partial charge on any atom is 0.196 e. The molecule has 0 aliphatic carbocycles. The van der Waals surface area contributed by atoms with E-state index < -0.39 is 5.60 Å². The molecule has 2 N–H and O–H groups in total. The molecular weight excluding hydrogens is 609 g/mol. The summed E-state index contributed by atoms with van der Waals surface area (Å²) in [7, 11) is 1.53. The number of phenols is 1. The minimum atomic E-state index is -0.801. The van der Waals surface area contributed by atoms with Gasteiger partial charge in [-0.1, -0.05) is 35.4 Å². The Labute approximate surface area is 273 Å². The number of fused-ring (bicyclic) bond motifs is 1. The van der Waals surface area contributed by atoms with Crippen LogP contribution in [0.15, 0.2) is 81.5 Å². The van der Waals surface area contributed by atoms with E-state index in [-0.39, 0.29) is 28.2 Å². The van der Waals surface area contributed by atoms with Crippen LogP contribution < -0.4 is 10.2 Å². The molecule has 0 saturated carbocycles. The number of ketones is 1. The number of aromatic hydroxyl groups is 1. The van der Waals surface area contributed by atoms with Crippen molar-refractivity contribution < 1.29 is 28.6 Å². The molecule has 46 heavy (non-hydrogen) atoms. The zero-order chi connectivity index (χ0) is 33.4. The van der Waals surface area contributed by atoms with Gasteiger partial charge in [0, 0.05) is 47.8 Å². The summed E-state index contributed by atoms with van der Waals surface area (Å²) in [6.45, 7) is 8.12. The Morgan fingerprint density at radius 3 is 2.35 bits per heavy atom. The molecule has 1 aliphatic rings. The summed E-state index contributed by atoms with van der Waals surface area (Å²) in [5.41, 5.74) is 2.73. The lowest BCUT2D eigenvalue weighted by atomic mass is 9.84. The molecule has 9 heteroatoms. The Hall–Kier alpha value is -3.98. The van der Waals surface area contributed by atoms with E-state index in [1.165, 1.54) is 43.5 Å². The number of carbonyl (C=O) groups is 1. The first-order valence-electron chi connectivity index (χ1n) is 15.4. The summed E-state index contributed by atoms with van der Waals surface area (Å²) in [6, 6.07) is 15.9. The third-order valence-electron chi connectivity index (χ3n) is 8.21. The number of likely N-dealkylation sites (tertiary alicyclic amines) is 1. The smallest absolute Gasteiger partial charge is 0.196 e. The Kier molecular flexibility index (Phi) is 11.8. The number of nitrogens with zero attached hydrogens (tertiary/aromatic N) is 1. The molecule has 0 atom stereocenters. The second-order valence-electron chi connectivity index (χ2n) is 11.9. The predicted octanol–water partition coefficient (Wildman–Crippen LogP) is 7.75. The molecule has 7 nitrogen and oxygen atoms in total. The van der Waals surface area contributed by atoms with Crippen molar-refractivity contribution in [2.45, 2.75) is 58.5 Å². The maximum absolute atomic E-state index is 12.9. The van der Waals surface area contributed by atoms with Crippen molar-refractivity contribution in [1.29, 1.82) is 0 Å². The van der Waals surface area contributed by atoms with E-state index in [4.69, 9.17) is 20.8 Å². The van der Waals surface area contributed by atoms with Crippen LogP contribution in [0.5, 0.6) is 11.5 Å². The highest BCUT2D eigenvalue weighted by Crippen LogP contribution is 2.35. The van der Waals surface area contributed by atoms with E-state index in [1.807, 2.05) is 44.2 Å². The van der Waals surface area contributed by atoms with Crippen molar-refractivity contribution in [2.24, 2.45) is 0 Å². The van der Waals surface area contributed by atoms with Crippen LogP contribution in [0.2, 0.25) is 5.02 Å². The van der Waals surface area contributed by atoms with Crippen molar-refractivity contribution in [2.75, 3.05) is 26.7 Å². The minimum absolute atomic E-state index is 0.0414. The van der Waals surface area contributed by atoms with Crippen LogP contribution in [-0.2, 0) is 12.0 Å². The summed E-state index contributed by atoms with van der Waals surface area (Å²) in [4.78, 5) is 26.4. The van der Waals surface area contributed by atoms with Crippen molar-refractivity contribution in [3.05, 3.63) is 116 Å². The summed E-state index contributed by atoms with van der Waals surface area (Å²) in [5, 5.41) is 21.8. The summed E-state index contributed by atoms with van der Waals surface area (Å²) < 4.78 is 23.9. The number of rotatable bonds is 9. The number of hydrogen-bond acceptors (Lipinski definition) is 7. The van der Waals surface area contributed by atoms with Crippen LogP contribution in [0.3, 0.4) is 0 Å². The molecule has 1 saturated heterocycles. The van der Waals surface area contributed by atoms with Crippen molar-refractivity contribution in [3.63, 3.8) is 0 Å². The normalized spacial score (nSPS) is 14.3. The van der Waals surface area contributed by atoms with Crippen LogP contribution >= 0.6 is 11.6 Å². The predicted molar refractivity (Wildman–Crippen MR) is 180 cm³/mol. The number of phenolic OH excluding ortho intramolecular Hbond substituents is 1. The van der Waals surface area contributed by atoms with Gasteiger partial charge in [-0.25, -0.2) is 4.39 Å². The van der Waals surface area contributed by atoms with Crippen LogP contribution in [0.4, 0.5) is 4.39 Å². The quantitative estimate of drug-likeness (QED) is 0.141. The molecule has 1 fully saturated rings. The average Bonchev–Trinajstić information content (AvgIpc) is 3.02. The van der Waals surface area contributed by atoms with Crippen molar-refractivity contribution >= 4 is 28.4 Å². The van der Waals surface area contributed by atoms with Gasteiger partial charge in [-0.15, -0.1) is 0 Å². The molecule has 244 valence electrons. The SMILES string of the molecule is COc1cc(O)c2c(=O)cc(C)oc2c1CC=C(C)C.O=C(CCCN1CCC(O)(c2ccc(Cl)cc2)CC1)c1ccc(F)cc1. The van der Waals surface area contributed by atoms with Gasteiger partial charge >= 0.3 is 0 Å². The van der Waals surface area contributed by atoms with E-state index in [1.54, 1.807) is 6.92 Å². The standard InChI is InChI=1S/C21H23ClFNO2.C16H18O4/c22-18-7-5-17(6-8-18)21(26)11-14-24(15-12-21)13-1-2-20(25)16-3-9-19(23)10-4-16;1-9(2)5-6-11-14(19-4)8-13(18)15-12(17)7-10(3)20-16(11)15/h3-10,26H,1-2,11-15H2;5,7-8,18H,6H2,1-4H3. The van der Waals surface area contributed by atoms with E-state index in [2.05, 4.69) is 4.90 Å². The summed E-state index contributed by atoms with van der Waals surface area (Å²) >= 11 is 5.92. The zero-order valence-corrected chi connectivity index (χ0v) is 27.5. The third kappa shape index (κ3) is 8.84. The number of aryl methyl sites for hydroxylation is 1. The zero-order valence-electron chi connectivity index (χ0n) is 26.7. The topological polar surface area (TPSA) is 100 Å². The molecule has 1 aromatic heterocycles. The number of halogens is 2. The fourth-order valence-corrected chi connectivity index (χ4v) is 5.71. The van der Waals surface area contributed by atoms with Gasteiger partial charge in [-0.2, -0.15) is 0 Å². The van der Waals surface area contributed by atoms with Gasteiger partial charge in [-0.3, -0.25) is 9.59 Å². The highest BCUT2D eigenvalue weighted by molar-refractivity contribution is 6.30. The van der Waals surface area contributed by atoms with Crippen molar-refractivity contribution in [1.82, 2.24) is 4.90 Å². The summed E-state index contributed by atoms with van der Waals surface area (Å²) in [6.07, 6.45) is 5.14. The number of carbonyl (C=O) groups excluding carboxylic acids is 1. The molecule has 1 aliphatic heterocycles. The molecule has 0 unspecified atom stereocenters. The highest BCUT2D eigenvalue weighted by Gasteiger charge is 2.33. The lowest BCUT2D eigenvalue weighted by Crippen LogP contribution is -2.42. The Balaban J connectivity index is 0.000000216. The molecule has 3 aromatic carbocycles. The Bertz CT molecular complexity index is 1740. The first-order chi connectivity index (χ1) is 21.9. The van der Waals surface area contributed by atoms with Gasteiger partial charge in [-0.05, 0) is 95.0 Å². The fraction of sp³-hybridized carbons (Fsp3) is 0.351. The maximum atomic E-state index is 12.9. The molecule has 0 bridgehead atoms. The van der Waals surface area contributed by atoms with Gasteiger partial charge in [0.05, 0.1) is 12.7 Å². The lowest BCUT2D eigenvalue weighted by molar-refractivity contribution is -0.0260. The second kappa shape index (κ2) is 15.5. The molecular formula is C37H41ClFNO6. The van der Waals surface area contributed by atoms with E-state index in [0.29, 0.717) is 53.4 Å². The van der Waals surface area contributed by atoms with Gasteiger partial charge in [0.15, 0.2) is 11.2 Å². The average molecular weight is 650 g/mol. The van der Waals surface area contributed by atoms with Gasteiger partial charge in [0.1, 0.15) is 34.0 Å². The molecule has 4 aromatic rings. The molecule has 0 amide bonds. The monoisotopic (exact) mass is 649 g/mol. The largest absolute Gasteiger partial charge is 0.507 e. The number of hydrogen-bond donors (Lipinski definition) is 2. The number of piperidine rings is 1. The molecule has 2 heterocycles. The number of ether oxygens (including phenoxy) is 1. The van der Waals surface area contributed by atoms with E-state index in [0.717, 1.165) is 42.8 Å². The van der Waals surface area contributed by atoms with Crippen LogP contribution in [-0.4, -0.2) is 47.6 Å². The second-order valence-corrected chi connectivity index (χ2v) is 12.3. The van der Waals surface area contributed by atoms with E-state index >= 15 is 0 Å². The van der Waals surface area contributed by atoms with Gasteiger partial charge < -0.3 is 24.3 Å². The number of benzene rings is 3. The van der Waals surface area contributed by atoms with E-state index in [9.17, 15) is 24.2 Å². The van der Waals surface area contributed by atoms with Crippen molar-refractivity contribution in [3.8, 4) is 11.5 Å². The number of allylic oxidation sites excluding steroid dienone is 2. The fourth-order valence-electron chi connectivity index (χ4n) is 5.58. The minimum Gasteiger partial charge on any atom is -0.507 e. The number of aliphatic hydroxyl groups is 1. The Morgan fingerprint density at radius 1 is 1.09 bits per heavy atom. The molecule has 0 radical (unpaired) electrons. The lowest BCUT2D eigenvalue weighted by Gasteiger charge is -2.38. The first kappa shape index (κ1) is 34.9. The number of methoxy groups -OCH3 is 1. The Morgan fingerprint density at radius 2 is 1.74 bits per heavy atom. The summed E-state index contributed by atoms with van der Waals surface area (Å²) in [5.74, 6) is 0.615. The van der Waals surface area contributed by atoms with Gasteiger partial charge in [0.2, 0.25) is 0 Å². The first-order valence-corrected chi connectivity index (χ1v) is 15.7. The van der Waals surface area contributed by atoms with Crippen LogP contribution in [0, 0.1) is 12.7 Å². The third-order valence-corrected chi connectivity index (χ3v) is 8.46. The van der Waals surface area contributed by atoms with Gasteiger partial charge in [0.25, 0.3) is 0 Å². The molecule has 0 spiro atoms. The van der Waals surface area contributed by atoms with Crippen LogP contribution in [0.25, 0.3) is 11.0 Å².